The number of aromatic amines is 1. The smallest absolute Gasteiger partial charge is 0.254 e. The zero-order valence-electron chi connectivity index (χ0n) is 24.5. The molecule has 41 heavy (non-hydrogen) atoms. The molecule has 5 rings (SSSR count). The van der Waals surface area contributed by atoms with Crippen LogP contribution in [0.4, 0.5) is 0 Å². The summed E-state index contributed by atoms with van der Waals surface area (Å²) in [5.74, 6) is 0.302. The van der Waals surface area contributed by atoms with E-state index < -0.39 is 10.0 Å². The van der Waals surface area contributed by atoms with E-state index in [2.05, 4.69) is 33.2 Å². The van der Waals surface area contributed by atoms with Crippen molar-refractivity contribution >= 4 is 38.6 Å². The van der Waals surface area contributed by atoms with Gasteiger partial charge in [0.1, 0.15) is 0 Å². The number of thioether (sulfide) groups is 1. The van der Waals surface area contributed by atoms with Crippen LogP contribution in [-0.2, 0) is 16.6 Å². The third-order valence-corrected chi connectivity index (χ3v) is 10.9. The molecule has 1 unspecified atom stereocenters. The highest BCUT2D eigenvalue weighted by Gasteiger charge is 2.36. The van der Waals surface area contributed by atoms with Gasteiger partial charge in [-0.25, -0.2) is 8.42 Å². The third kappa shape index (κ3) is 6.14. The van der Waals surface area contributed by atoms with Crippen LogP contribution in [0.3, 0.4) is 0 Å². The molecule has 1 atom stereocenters. The number of carbonyl (C=O) groups excluding carboxylic acids is 1. The molecule has 2 aromatic heterocycles. The molecule has 3 aromatic rings. The highest BCUT2D eigenvalue weighted by Crippen LogP contribution is 2.38. The number of fused-ring (bicyclic) bond motifs is 1. The summed E-state index contributed by atoms with van der Waals surface area (Å²) in [6.45, 7) is 7.42. The lowest BCUT2D eigenvalue weighted by Crippen LogP contribution is -2.61. The summed E-state index contributed by atoms with van der Waals surface area (Å²) < 4.78 is 27.2. The molecule has 3 N–H and O–H groups in total. The number of amides is 1. The lowest BCUT2D eigenvalue weighted by molar-refractivity contribution is 0.0951. The summed E-state index contributed by atoms with van der Waals surface area (Å²) in [4.78, 5) is 29.9. The van der Waals surface area contributed by atoms with Crippen molar-refractivity contribution in [2.75, 3.05) is 25.6 Å². The Kier molecular flexibility index (Phi) is 8.71. The minimum atomic E-state index is -3.10. The number of para-hydroxylation sites is 1. The monoisotopic (exact) mass is 599 g/mol. The van der Waals surface area contributed by atoms with Gasteiger partial charge in [0.05, 0.1) is 11.8 Å². The second kappa shape index (κ2) is 11.9. The van der Waals surface area contributed by atoms with Crippen molar-refractivity contribution in [2.45, 2.75) is 76.0 Å². The van der Waals surface area contributed by atoms with Crippen molar-refractivity contribution in [3.63, 3.8) is 0 Å². The van der Waals surface area contributed by atoms with Crippen molar-refractivity contribution in [2.24, 2.45) is 5.92 Å². The zero-order valence-corrected chi connectivity index (χ0v) is 26.1. The van der Waals surface area contributed by atoms with Gasteiger partial charge in [-0.05, 0) is 70.8 Å². The standard InChI is InChI=1S/C30H41N5O4S2/c1-18-14-27(40-4)25(29(36)32-18)15-31-30(37)28-20(3)35(26-9-7-6-8-24(26)28)19(2)21-10-12-22(13-11-21)33-23-16-34(17-23)41(5,38)39/h6-9,14,19,21-23,33H,10-13,15-17H2,1-5H3,(H,31,37)(H,32,36). The van der Waals surface area contributed by atoms with Gasteiger partial charge in [0.15, 0.2) is 0 Å². The van der Waals surface area contributed by atoms with Gasteiger partial charge in [0.2, 0.25) is 10.0 Å². The molecule has 1 aliphatic heterocycles. The Morgan fingerprint density at radius 3 is 2.46 bits per heavy atom. The van der Waals surface area contributed by atoms with Crippen LogP contribution in [0.1, 0.15) is 66.0 Å². The SMILES string of the molecule is CSc1cc(C)[nH]c(=O)c1CNC(=O)c1c(C)n(C(C)C2CCC(NC3CN(S(C)(=O)=O)C3)CC2)c2ccccc12. The Balaban J connectivity index is 1.29. The number of hydrogen-bond donors (Lipinski definition) is 3. The maximum absolute atomic E-state index is 13.6. The molecule has 1 saturated heterocycles. The fourth-order valence-corrected chi connectivity index (χ4v) is 8.23. The highest BCUT2D eigenvalue weighted by molar-refractivity contribution is 7.98. The minimum absolute atomic E-state index is 0.166. The number of sulfonamides is 1. The molecule has 2 aliphatic rings. The number of H-pyrrole nitrogens is 1. The number of aryl methyl sites for hydroxylation is 1. The summed E-state index contributed by atoms with van der Waals surface area (Å²) in [5, 5.41) is 7.62. The number of nitrogens with one attached hydrogen (secondary N) is 3. The minimum Gasteiger partial charge on any atom is -0.348 e. The van der Waals surface area contributed by atoms with Gasteiger partial charge >= 0.3 is 0 Å². The van der Waals surface area contributed by atoms with E-state index in [9.17, 15) is 18.0 Å². The van der Waals surface area contributed by atoms with Crippen molar-refractivity contribution in [1.82, 2.24) is 24.5 Å². The molecule has 1 amide bonds. The highest BCUT2D eigenvalue weighted by atomic mass is 32.2. The van der Waals surface area contributed by atoms with E-state index in [1.54, 1.807) is 0 Å². The van der Waals surface area contributed by atoms with Crippen molar-refractivity contribution in [1.29, 1.82) is 0 Å². The Bertz CT molecular complexity index is 1600. The molecule has 0 radical (unpaired) electrons. The van der Waals surface area contributed by atoms with E-state index in [4.69, 9.17) is 0 Å². The van der Waals surface area contributed by atoms with E-state index >= 15 is 0 Å². The predicted molar refractivity (Wildman–Crippen MR) is 165 cm³/mol. The van der Waals surface area contributed by atoms with Gasteiger partial charge in [-0.15, -0.1) is 11.8 Å². The summed E-state index contributed by atoms with van der Waals surface area (Å²) in [5.41, 5.74) is 3.86. The molecule has 1 aromatic carbocycles. The van der Waals surface area contributed by atoms with E-state index in [0.717, 1.165) is 52.9 Å². The molecule has 222 valence electrons. The predicted octanol–water partition coefficient (Wildman–Crippen LogP) is 3.95. The summed E-state index contributed by atoms with van der Waals surface area (Å²) in [6, 6.07) is 10.9. The molecule has 9 nitrogen and oxygen atoms in total. The number of pyridine rings is 1. The van der Waals surface area contributed by atoms with Crippen LogP contribution in [0.5, 0.6) is 0 Å². The average Bonchev–Trinajstić information content (AvgIpc) is 3.20. The second-order valence-corrected chi connectivity index (χ2v) is 14.5. The molecule has 2 fully saturated rings. The lowest BCUT2D eigenvalue weighted by Gasteiger charge is -2.42. The average molecular weight is 600 g/mol. The lowest BCUT2D eigenvalue weighted by atomic mass is 9.81. The zero-order chi connectivity index (χ0) is 29.5. The molecule has 11 heteroatoms. The first-order valence-electron chi connectivity index (χ1n) is 14.3. The Morgan fingerprint density at radius 1 is 1.12 bits per heavy atom. The number of nitrogens with zero attached hydrogens (tertiary/aromatic N) is 2. The Morgan fingerprint density at radius 2 is 1.80 bits per heavy atom. The Labute approximate surface area is 246 Å². The largest absolute Gasteiger partial charge is 0.348 e. The van der Waals surface area contributed by atoms with Crippen LogP contribution in [0.2, 0.25) is 0 Å². The van der Waals surface area contributed by atoms with Crippen LogP contribution < -0.4 is 16.2 Å². The number of carbonyl (C=O) groups is 1. The van der Waals surface area contributed by atoms with Gasteiger partial charge < -0.3 is 20.2 Å². The first-order valence-corrected chi connectivity index (χ1v) is 17.4. The summed E-state index contributed by atoms with van der Waals surface area (Å²) in [6.07, 6.45) is 7.45. The van der Waals surface area contributed by atoms with E-state index in [1.165, 1.54) is 22.3 Å². The van der Waals surface area contributed by atoms with Crippen LogP contribution in [0, 0.1) is 19.8 Å². The molecular formula is C30H41N5O4S2. The normalized spacial score (nSPS) is 21.1. The van der Waals surface area contributed by atoms with Crippen LogP contribution in [0.25, 0.3) is 10.9 Å². The van der Waals surface area contributed by atoms with Crippen LogP contribution in [0.15, 0.2) is 40.0 Å². The summed E-state index contributed by atoms with van der Waals surface area (Å²) in [7, 11) is -3.10. The molecule has 3 heterocycles. The van der Waals surface area contributed by atoms with Gasteiger partial charge in [-0.2, -0.15) is 4.31 Å². The Hall–Kier alpha value is -2.60. The number of hydrogen-bond acceptors (Lipinski definition) is 6. The van der Waals surface area contributed by atoms with E-state index in [-0.39, 0.29) is 30.1 Å². The molecule has 1 saturated carbocycles. The first kappa shape index (κ1) is 29.9. The van der Waals surface area contributed by atoms with Crippen molar-refractivity contribution in [3.05, 3.63) is 63.2 Å². The number of rotatable bonds is 9. The van der Waals surface area contributed by atoms with Gasteiger partial charge in [-0.3, -0.25) is 9.59 Å². The fraction of sp³-hybridized carbons (Fsp3) is 0.533. The maximum Gasteiger partial charge on any atom is 0.254 e. The third-order valence-electron chi connectivity index (χ3n) is 8.91. The second-order valence-electron chi connectivity index (χ2n) is 11.7. The van der Waals surface area contributed by atoms with Crippen molar-refractivity contribution in [3.8, 4) is 0 Å². The van der Waals surface area contributed by atoms with Crippen molar-refractivity contribution < 1.29 is 13.2 Å². The molecular weight excluding hydrogens is 558 g/mol. The van der Waals surface area contributed by atoms with Gasteiger partial charge in [0, 0.05) is 70.5 Å². The number of aromatic nitrogens is 2. The van der Waals surface area contributed by atoms with Gasteiger partial charge in [-0.1, -0.05) is 18.2 Å². The van der Waals surface area contributed by atoms with Crippen LogP contribution in [-0.4, -0.2) is 65.9 Å². The maximum atomic E-state index is 13.6. The summed E-state index contributed by atoms with van der Waals surface area (Å²) >= 11 is 1.50. The first-order chi connectivity index (χ1) is 19.5. The van der Waals surface area contributed by atoms with Crippen LogP contribution >= 0.6 is 11.8 Å². The van der Waals surface area contributed by atoms with E-state index in [0.29, 0.717) is 36.2 Å². The molecule has 1 aliphatic carbocycles. The van der Waals surface area contributed by atoms with Gasteiger partial charge in [0.25, 0.3) is 11.5 Å². The van der Waals surface area contributed by atoms with E-state index in [1.807, 2.05) is 44.4 Å². The quantitative estimate of drug-likeness (QED) is 0.321. The fourth-order valence-electron chi connectivity index (χ4n) is 6.62. The number of benzene rings is 1. The molecule has 0 bridgehead atoms. The topological polar surface area (TPSA) is 116 Å². The molecule has 0 spiro atoms.